The summed E-state index contributed by atoms with van der Waals surface area (Å²) in [5, 5.41) is 7.78. The predicted molar refractivity (Wildman–Crippen MR) is 114 cm³/mol. The number of rotatable bonds is 5. The summed E-state index contributed by atoms with van der Waals surface area (Å²) in [6, 6.07) is 4.62. The number of hydrogen-bond acceptors (Lipinski definition) is 2. The highest BCUT2D eigenvalue weighted by molar-refractivity contribution is 9.10. The number of carbonyl (C=O) groups excluding carboxylic acids is 1. The number of carbonyl (C=O) groups is 1. The van der Waals surface area contributed by atoms with Crippen LogP contribution in [0, 0.1) is 29.0 Å². The quantitative estimate of drug-likeness (QED) is 0.568. The SMILES string of the molecule is O=C(CC12CC3CC(CC(C3)C1)C2)Nc1nn(Cc2c(F)cccc2Cl)cc1Br. The first kappa shape index (κ1) is 19.6. The van der Waals surface area contributed by atoms with Crippen molar-refractivity contribution in [3.63, 3.8) is 0 Å². The topological polar surface area (TPSA) is 46.9 Å². The van der Waals surface area contributed by atoms with Crippen LogP contribution in [0.15, 0.2) is 28.9 Å². The van der Waals surface area contributed by atoms with E-state index in [1.165, 1.54) is 44.6 Å². The van der Waals surface area contributed by atoms with Gasteiger partial charge in [-0.1, -0.05) is 17.7 Å². The van der Waals surface area contributed by atoms with Crippen molar-refractivity contribution in [1.29, 1.82) is 0 Å². The highest BCUT2D eigenvalue weighted by Crippen LogP contribution is 2.61. The maximum Gasteiger partial charge on any atom is 0.226 e. The van der Waals surface area contributed by atoms with E-state index in [0.29, 0.717) is 27.3 Å². The molecule has 0 unspecified atom stereocenters. The Hall–Kier alpha value is -1.40. The molecule has 1 aromatic heterocycles. The zero-order valence-corrected chi connectivity index (χ0v) is 18.5. The average Bonchev–Trinajstić information content (AvgIpc) is 2.95. The van der Waals surface area contributed by atoms with Crippen molar-refractivity contribution in [2.24, 2.45) is 23.2 Å². The lowest BCUT2D eigenvalue weighted by molar-refractivity contribution is -0.124. The Morgan fingerprint density at radius 2 is 1.90 bits per heavy atom. The number of aromatic nitrogens is 2. The molecule has 4 bridgehead atoms. The van der Waals surface area contributed by atoms with Crippen LogP contribution in [-0.4, -0.2) is 15.7 Å². The minimum atomic E-state index is -0.364. The molecule has 4 aliphatic carbocycles. The van der Waals surface area contributed by atoms with Crippen LogP contribution in [0.5, 0.6) is 0 Å². The third-order valence-electron chi connectivity index (χ3n) is 7.06. The third kappa shape index (κ3) is 3.86. The van der Waals surface area contributed by atoms with Crippen molar-refractivity contribution in [1.82, 2.24) is 9.78 Å². The van der Waals surface area contributed by atoms with Gasteiger partial charge >= 0.3 is 0 Å². The van der Waals surface area contributed by atoms with Gasteiger partial charge in [0.25, 0.3) is 0 Å². The van der Waals surface area contributed by atoms with Crippen LogP contribution in [0.25, 0.3) is 0 Å². The van der Waals surface area contributed by atoms with Gasteiger partial charge in [0.15, 0.2) is 5.82 Å². The van der Waals surface area contributed by atoms with Gasteiger partial charge in [-0.25, -0.2) is 4.39 Å². The third-order valence-corrected chi connectivity index (χ3v) is 7.99. The molecular formula is C22H24BrClFN3O. The number of amides is 1. The number of benzene rings is 1. The van der Waals surface area contributed by atoms with Crippen LogP contribution in [0.2, 0.25) is 5.02 Å². The van der Waals surface area contributed by atoms with E-state index in [1.807, 2.05) is 0 Å². The molecule has 29 heavy (non-hydrogen) atoms. The number of nitrogens with zero attached hydrogens (tertiary/aromatic N) is 2. The van der Waals surface area contributed by atoms with Crippen molar-refractivity contribution >= 4 is 39.3 Å². The van der Waals surface area contributed by atoms with E-state index >= 15 is 0 Å². The molecule has 154 valence electrons. The molecule has 1 N–H and O–H groups in total. The summed E-state index contributed by atoms with van der Waals surface area (Å²) >= 11 is 9.58. The fourth-order valence-electron chi connectivity index (χ4n) is 6.43. The molecule has 1 amide bonds. The van der Waals surface area contributed by atoms with E-state index in [4.69, 9.17) is 11.6 Å². The molecular weight excluding hydrogens is 457 g/mol. The van der Waals surface area contributed by atoms with Crippen LogP contribution < -0.4 is 5.32 Å². The van der Waals surface area contributed by atoms with Crippen LogP contribution in [0.3, 0.4) is 0 Å². The first-order valence-electron chi connectivity index (χ1n) is 10.3. The largest absolute Gasteiger partial charge is 0.308 e. The summed E-state index contributed by atoms with van der Waals surface area (Å²) < 4.78 is 16.3. The lowest BCUT2D eigenvalue weighted by Gasteiger charge is -2.56. The first-order chi connectivity index (χ1) is 13.9. The van der Waals surface area contributed by atoms with E-state index in [9.17, 15) is 9.18 Å². The van der Waals surface area contributed by atoms with E-state index < -0.39 is 0 Å². The monoisotopic (exact) mass is 479 g/mol. The Kier molecular flexibility index (Phi) is 4.98. The van der Waals surface area contributed by atoms with Crippen molar-refractivity contribution < 1.29 is 9.18 Å². The van der Waals surface area contributed by atoms with Gasteiger partial charge in [0, 0.05) is 23.2 Å². The second kappa shape index (κ2) is 7.38. The Morgan fingerprint density at radius 3 is 2.52 bits per heavy atom. The van der Waals surface area contributed by atoms with Gasteiger partial charge in [0.1, 0.15) is 5.82 Å². The minimum Gasteiger partial charge on any atom is -0.308 e. The van der Waals surface area contributed by atoms with Crippen molar-refractivity contribution in [3.05, 3.63) is 45.3 Å². The summed E-state index contributed by atoms with van der Waals surface area (Å²) in [5.41, 5.74) is 0.574. The molecule has 7 heteroatoms. The van der Waals surface area contributed by atoms with Crippen molar-refractivity contribution in [2.75, 3.05) is 5.32 Å². The molecule has 4 aliphatic rings. The number of nitrogens with one attached hydrogen (secondary N) is 1. The lowest BCUT2D eigenvalue weighted by Crippen LogP contribution is -2.47. The van der Waals surface area contributed by atoms with Crippen molar-refractivity contribution in [3.8, 4) is 0 Å². The van der Waals surface area contributed by atoms with E-state index in [1.54, 1.807) is 23.0 Å². The average molecular weight is 481 g/mol. The Balaban J connectivity index is 1.27. The molecule has 4 nitrogen and oxygen atoms in total. The van der Waals surface area contributed by atoms with E-state index in [-0.39, 0.29) is 23.7 Å². The molecule has 0 saturated heterocycles. The fourth-order valence-corrected chi connectivity index (χ4v) is 7.07. The number of anilines is 1. The van der Waals surface area contributed by atoms with Gasteiger partial charge < -0.3 is 5.32 Å². The van der Waals surface area contributed by atoms with Gasteiger partial charge in [-0.3, -0.25) is 9.48 Å². The smallest absolute Gasteiger partial charge is 0.226 e. The van der Waals surface area contributed by atoms with Gasteiger partial charge in [-0.2, -0.15) is 5.10 Å². The van der Waals surface area contributed by atoms with Crippen LogP contribution >= 0.6 is 27.5 Å². The highest BCUT2D eigenvalue weighted by atomic mass is 79.9. The fraction of sp³-hybridized carbons (Fsp3) is 0.545. The molecule has 2 aromatic rings. The zero-order valence-electron chi connectivity index (χ0n) is 16.1. The van der Waals surface area contributed by atoms with E-state index in [2.05, 4.69) is 26.3 Å². The second-order valence-electron chi connectivity index (χ2n) is 9.37. The highest BCUT2D eigenvalue weighted by Gasteiger charge is 2.51. The lowest BCUT2D eigenvalue weighted by atomic mass is 9.49. The Labute approximate surface area is 183 Å². The number of halogens is 3. The summed E-state index contributed by atoms with van der Waals surface area (Å²) in [5.74, 6) is 2.62. The van der Waals surface area contributed by atoms with Gasteiger partial charge in [-0.15, -0.1) is 0 Å². The summed E-state index contributed by atoms with van der Waals surface area (Å²) in [6.45, 7) is 0.203. The summed E-state index contributed by atoms with van der Waals surface area (Å²) in [7, 11) is 0. The maximum absolute atomic E-state index is 14.1. The minimum absolute atomic E-state index is 0.0295. The van der Waals surface area contributed by atoms with Crippen LogP contribution in [0.4, 0.5) is 10.2 Å². The van der Waals surface area contributed by atoms with Crippen molar-refractivity contribution in [2.45, 2.75) is 51.5 Å². The van der Waals surface area contributed by atoms with Gasteiger partial charge in [0.05, 0.1) is 11.0 Å². The van der Waals surface area contributed by atoms with Gasteiger partial charge in [-0.05, 0) is 89.8 Å². The summed E-state index contributed by atoms with van der Waals surface area (Å²) in [6.07, 6.45) is 10.0. The molecule has 0 spiro atoms. The Morgan fingerprint density at radius 1 is 1.24 bits per heavy atom. The first-order valence-corrected chi connectivity index (χ1v) is 11.5. The second-order valence-corrected chi connectivity index (χ2v) is 10.6. The van der Waals surface area contributed by atoms with E-state index in [0.717, 1.165) is 17.8 Å². The molecule has 1 aromatic carbocycles. The normalized spacial score (nSPS) is 30.0. The molecule has 0 aliphatic heterocycles. The predicted octanol–water partition coefficient (Wildman–Crippen LogP) is 6.03. The number of hydrogen-bond donors (Lipinski definition) is 1. The van der Waals surface area contributed by atoms with Gasteiger partial charge in [0.2, 0.25) is 5.91 Å². The maximum atomic E-state index is 14.1. The molecule has 4 saturated carbocycles. The summed E-state index contributed by atoms with van der Waals surface area (Å²) in [4.78, 5) is 12.9. The molecule has 1 heterocycles. The zero-order chi connectivity index (χ0) is 20.2. The Bertz CT molecular complexity index is 904. The molecule has 4 fully saturated rings. The van der Waals surface area contributed by atoms with Crippen LogP contribution in [-0.2, 0) is 11.3 Å². The van der Waals surface area contributed by atoms with Crippen LogP contribution in [0.1, 0.15) is 50.5 Å². The standard InChI is InChI=1S/C22H24BrClFN3O/c23-17-12-28(11-16-18(24)2-1-3-19(16)25)27-21(17)26-20(29)10-22-7-13-4-14(8-22)6-15(5-13)9-22/h1-3,12-15H,4-11H2,(H,26,27,29). The molecule has 0 atom stereocenters. The molecule has 6 rings (SSSR count). The molecule has 0 radical (unpaired) electrons.